The fourth-order valence-corrected chi connectivity index (χ4v) is 8.15. The Hall–Kier alpha value is -6.07. The van der Waals surface area contributed by atoms with Crippen LogP contribution in [0.4, 0.5) is 9.59 Å². The monoisotopic (exact) mass is 796 g/mol. The molecule has 4 N–H and O–H groups in total. The number of carbonyl (C=O) groups is 3. The SMILES string of the molecule is Cc1ccnc(-c2ccc(C[C@H](NC(=O)O)[C@H](O)C[C@H](NC(=O)[C@@H](N3CCN(Cc4cccc(C)n4)C3=O)C(C)(C)C)C(Cc3ccccc3)c3ccccc3)cc2)c1. The first-order valence-electron chi connectivity index (χ1n) is 20.3. The molecule has 6 rings (SSSR count). The molecule has 308 valence electrons. The molecule has 0 saturated carbocycles. The molecule has 2 aromatic heterocycles. The van der Waals surface area contributed by atoms with Gasteiger partial charge < -0.3 is 30.6 Å². The van der Waals surface area contributed by atoms with Crippen molar-refractivity contribution in [3.63, 3.8) is 0 Å². The van der Waals surface area contributed by atoms with Gasteiger partial charge in [-0.1, -0.05) is 112 Å². The molecule has 4 amide bonds. The molecule has 0 spiro atoms. The third-order valence-corrected chi connectivity index (χ3v) is 11.0. The number of rotatable bonds is 16. The highest BCUT2D eigenvalue weighted by Gasteiger charge is 2.45. The van der Waals surface area contributed by atoms with Crippen LogP contribution in [-0.4, -0.2) is 85.3 Å². The Morgan fingerprint density at radius 2 is 1.47 bits per heavy atom. The summed E-state index contributed by atoms with van der Waals surface area (Å²) in [5, 5.41) is 28.0. The molecule has 59 heavy (non-hydrogen) atoms. The minimum atomic E-state index is -1.26. The van der Waals surface area contributed by atoms with Crippen LogP contribution in [0.5, 0.6) is 0 Å². The zero-order valence-corrected chi connectivity index (χ0v) is 34.6. The second kappa shape index (κ2) is 19.1. The molecule has 1 aliphatic rings. The smallest absolute Gasteiger partial charge is 0.404 e. The first-order chi connectivity index (χ1) is 28.2. The van der Waals surface area contributed by atoms with Crippen LogP contribution in [0.25, 0.3) is 11.3 Å². The van der Waals surface area contributed by atoms with Gasteiger partial charge in [-0.05, 0) is 85.0 Å². The molecule has 3 heterocycles. The van der Waals surface area contributed by atoms with E-state index in [1.54, 1.807) is 16.0 Å². The number of aliphatic hydroxyl groups excluding tert-OH is 1. The van der Waals surface area contributed by atoms with Crippen molar-refractivity contribution in [1.29, 1.82) is 0 Å². The maximum absolute atomic E-state index is 14.9. The summed E-state index contributed by atoms with van der Waals surface area (Å²) in [6.07, 6.45) is 0.0880. The Morgan fingerprint density at radius 1 is 0.797 bits per heavy atom. The van der Waals surface area contributed by atoms with Crippen molar-refractivity contribution in [3.8, 4) is 11.3 Å². The number of hydrogen-bond donors (Lipinski definition) is 4. The Bertz CT molecular complexity index is 2180. The van der Waals surface area contributed by atoms with E-state index < -0.39 is 35.7 Å². The molecular formula is C48H56N6O5. The lowest BCUT2D eigenvalue weighted by molar-refractivity contribution is -0.129. The third-order valence-electron chi connectivity index (χ3n) is 11.0. The molecule has 0 aliphatic carbocycles. The van der Waals surface area contributed by atoms with Gasteiger partial charge in [0.05, 0.1) is 30.1 Å². The van der Waals surface area contributed by atoms with Crippen molar-refractivity contribution in [2.75, 3.05) is 13.1 Å². The number of hydrogen-bond acceptors (Lipinski definition) is 6. The van der Waals surface area contributed by atoms with Crippen molar-refractivity contribution >= 4 is 18.0 Å². The van der Waals surface area contributed by atoms with Crippen LogP contribution in [0, 0.1) is 19.3 Å². The van der Waals surface area contributed by atoms with E-state index >= 15 is 0 Å². The van der Waals surface area contributed by atoms with Crippen LogP contribution in [0.3, 0.4) is 0 Å². The zero-order chi connectivity index (χ0) is 42.1. The van der Waals surface area contributed by atoms with Crippen LogP contribution in [-0.2, 0) is 24.2 Å². The van der Waals surface area contributed by atoms with Crippen molar-refractivity contribution in [2.45, 2.75) is 90.6 Å². The standard InChI is InChI=1S/C48H56N6O5/c1-32-23-24-49-40(27-32)37-21-19-35(20-22-37)29-42(52-46(57)58)43(55)30-41(39(36-16-10-7-11-17-36)28-34-14-8-6-9-15-34)51-45(56)44(48(3,4)5)54-26-25-53(47(54)59)31-38-18-12-13-33(2)50-38/h6-24,27,39,41-44,52,55H,25-26,28-31H2,1-5H3,(H,51,56)(H,57,58)/t39?,41-,42-,43+,44+/m0/s1. The van der Waals surface area contributed by atoms with E-state index in [9.17, 15) is 24.6 Å². The van der Waals surface area contributed by atoms with Crippen molar-refractivity contribution in [1.82, 2.24) is 30.4 Å². The molecule has 0 radical (unpaired) electrons. The quantitative estimate of drug-likeness (QED) is 0.0806. The number of nitrogens with one attached hydrogen (secondary N) is 2. The van der Waals surface area contributed by atoms with Gasteiger partial charge in [0.25, 0.3) is 0 Å². The van der Waals surface area contributed by atoms with Gasteiger partial charge in [0.1, 0.15) is 6.04 Å². The normalized spacial score (nSPS) is 15.6. The minimum absolute atomic E-state index is 0.0321. The molecule has 1 saturated heterocycles. The van der Waals surface area contributed by atoms with Gasteiger partial charge in [-0.2, -0.15) is 0 Å². The summed E-state index contributed by atoms with van der Waals surface area (Å²) in [5.41, 5.74) is 6.67. The Balaban J connectivity index is 1.30. The summed E-state index contributed by atoms with van der Waals surface area (Å²) < 4.78 is 0. The van der Waals surface area contributed by atoms with Gasteiger partial charge in [-0.3, -0.25) is 14.8 Å². The van der Waals surface area contributed by atoms with Gasteiger partial charge in [0.2, 0.25) is 5.91 Å². The minimum Gasteiger partial charge on any atom is -0.465 e. The number of amides is 4. The van der Waals surface area contributed by atoms with E-state index in [4.69, 9.17) is 0 Å². The molecular weight excluding hydrogens is 741 g/mol. The fourth-order valence-electron chi connectivity index (χ4n) is 8.15. The lowest BCUT2D eigenvalue weighted by Crippen LogP contribution is -2.58. The largest absolute Gasteiger partial charge is 0.465 e. The molecule has 0 bridgehead atoms. The number of pyridine rings is 2. The Kier molecular flexibility index (Phi) is 13.8. The van der Waals surface area contributed by atoms with E-state index in [0.717, 1.165) is 44.9 Å². The summed E-state index contributed by atoms with van der Waals surface area (Å²) in [5.74, 6) is -0.654. The summed E-state index contributed by atoms with van der Waals surface area (Å²) in [7, 11) is 0. The van der Waals surface area contributed by atoms with Gasteiger partial charge in [0.15, 0.2) is 0 Å². The number of aryl methyl sites for hydroxylation is 2. The van der Waals surface area contributed by atoms with Crippen LogP contribution in [0.1, 0.15) is 66.8 Å². The predicted octanol–water partition coefficient (Wildman–Crippen LogP) is 7.55. The van der Waals surface area contributed by atoms with Gasteiger partial charge in [0, 0.05) is 42.5 Å². The van der Waals surface area contributed by atoms with Gasteiger partial charge in [-0.25, -0.2) is 9.59 Å². The number of nitrogens with zero attached hydrogens (tertiary/aromatic N) is 4. The molecule has 5 aromatic rings. The second-order valence-electron chi connectivity index (χ2n) is 16.7. The number of aliphatic hydroxyl groups is 1. The molecule has 5 atom stereocenters. The van der Waals surface area contributed by atoms with Crippen LogP contribution < -0.4 is 10.6 Å². The summed E-state index contributed by atoms with van der Waals surface area (Å²) in [6.45, 7) is 10.9. The second-order valence-corrected chi connectivity index (χ2v) is 16.7. The van der Waals surface area contributed by atoms with Crippen molar-refractivity contribution in [3.05, 3.63) is 155 Å². The van der Waals surface area contributed by atoms with Crippen molar-refractivity contribution in [2.24, 2.45) is 5.41 Å². The molecule has 11 nitrogen and oxygen atoms in total. The maximum atomic E-state index is 14.9. The van der Waals surface area contributed by atoms with Crippen LogP contribution in [0.2, 0.25) is 0 Å². The zero-order valence-electron chi connectivity index (χ0n) is 34.6. The van der Waals surface area contributed by atoms with Gasteiger partial charge in [-0.15, -0.1) is 0 Å². The average Bonchev–Trinajstić information content (AvgIpc) is 3.54. The number of carbonyl (C=O) groups excluding carboxylic acids is 2. The highest BCUT2D eigenvalue weighted by atomic mass is 16.4. The number of benzene rings is 3. The first kappa shape index (κ1) is 42.5. The highest BCUT2D eigenvalue weighted by molar-refractivity contribution is 5.89. The predicted molar refractivity (Wildman–Crippen MR) is 230 cm³/mol. The maximum Gasteiger partial charge on any atom is 0.404 e. The molecule has 1 aliphatic heterocycles. The van der Waals surface area contributed by atoms with E-state index in [1.165, 1.54) is 0 Å². The lowest BCUT2D eigenvalue weighted by Gasteiger charge is -2.39. The number of aromatic nitrogens is 2. The lowest BCUT2D eigenvalue weighted by atomic mass is 9.80. The highest BCUT2D eigenvalue weighted by Crippen LogP contribution is 2.32. The average molecular weight is 797 g/mol. The van der Waals surface area contributed by atoms with Crippen LogP contribution >= 0.6 is 0 Å². The van der Waals surface area contributed by atoms with E-state index in [1.807, 2.05) is 150 Å². The molecule has 1 fully saturated rings. The topological polar surface area (TPSA) is 148 Å². The summed E-state index contributed by atoms with van der Waals surface area (Å²) in [4.78, 5) is 53.6. The fraction of sp³-hybridized carbons (Fsp3) is 0.354. The van der Waals surface area contributed by atoms with Crippen molar-refractivity contribution < 1.29 is 24.6 Å². The van der Waals surface area contributed by atoms with Crippen LogP contribution in [0.15, 0.2) is 121 Å². The van der Waals surface area contributed by atoms with E-state index in [0.29, 0.717) is 26.1 Å². The first-order valence-corrected chi connectivity index (χ1v) is 20.3. The number of urea groups is 1. The Morgan fingerprint density at radius 3 is 2.12 bits per heavy atom. The van der Waals surface area contributed by atoms with Gasteiger partial charge >= 0.3 is 12.1 Å². The summed E-state index contributed by atoms with van der Waals surface area (Å²) in [6, 6.07) is 34.6. The Labute approximate surface area is 347 Å². The summed E-state index contributed by atoms with van der Waals surface area (Å²) >= 11 is 0. The van der Waals surface area contributed by atoms with E-state index in [-0.39, 0.29) is 30.7 Å². The van der Waals surface area contributed by atoms with E-state index in [2.05, 4.69) is 20.6 Å². The molecule has 1 unspecified atom stereocenters. The molecule has 11 heteroatoms. The molecule has 3 aromatic carbocycles. The third kappa shape index (κ3) is 11.3. The number of carboxylic acid groups (broad SMARTS) is 1.